The summed E-state index contributed by atoms with van der Waals surface area (Å²) < 4.78 is 0. The minimum atomic E-state index is 0.114. The van der Waals surface area contributed by atoms with Crippen LogP contribution in [0.4, 0.5) is 5.69 Å². The van der Waals surface area contributed by atoms with Crippen LogP contribution in [-0.2, 0) is 0 Å². The second-order valence-corrected chi connectivity index (χ2v) is 6.68. The molecule has 2 aliphatic rings. The van der Waals surface area contributed by atoms with Crippen LogP contribution in [0.25, 0.3) is 0 Å². The van der Waals surface area contributed by atoms with Crippen LogP contribution in [0.2, 0.25) is 10.0 Å². The lowest BCUT2D eigenvalue weighted by Crippen LogP contribution is -2.29. The predicted octanol–water partition coefficient (Wildman–Crippen LogP) is 5.53. The molecule has 0 bridgehead atoms. The Hall–Kier alpha value is -1.64. The quantitative estimate of drug-likeness (QED) is 0.532. The van der Waals surface area contributed by atoms with E-state index in [-0.39, 0.29) is 6.04 Å². The molecule has 2 N–H and O–H groups in total. The van der Waals surface area contributed by atoms with Crippen LogP contribution in [0, 0.1) is 5.92 Å². The average Bonchev–Trinajstić information content (AvgIpc) is 2.99. The van der Waals surface area contributed by atoms with E-state index in [9.17, 15) is 5.11 Å². The van der Waals surface area contributed by atoms with Gasteiger partial charge in [-0.1, -0.05) is 47.5 Å². The standard InChI is InChI=1S/C18H15Cl2NO/c19-15-6-2-5-13(17(15)20)18-12-4-1-3-11(12)14-9-10(22)7-8-16(14)21-18/h1-3,5-9,11-12,18,21-22H,4H2. The zero-order chi connectivity index (χ0) is 15.3. The van der Waals surface area contributed by atoms with Crippen LogP contribution in [0.5, 0.6) is 5.75 Å². The number of phenolic OH excluding ortho intramolecular Hbond substituents is 1. The largest absolute Gasteiger partial charge is 0.508 e. The van der Waals surface area contributed by atoms with Crippen molar-refractivity contribution in [2.24, 2.45) is 5.92 Å². The number of rotatable bonds is 1. The molecule has 1 heterocycles. The average molecular weight is 332 g/mol. The molecule has 4 heteroatoms. The highest BCUT2D eigenvalue weighted by atomic mass is 35.5. The number of hydrogen-bond acceptors (Lipinski definition) is 2. The third-order valence-electron chi connectivity index (χ3n) is 4.66. The van der Waals surface area contributed by atoms with Crippen molar-refractivity contribution in [1.29, 1.82) is 0 Å². The molecule has 0 radical (unpaired) electrons. The van der Waals surface area contributed by atoms with Crippen molar-refractivity contribution >= 4 is 28.9 Å². The molecule has 2 aromatic rings. The van der Waals surface area contributed by atoms with Gasteiger partial charge >= 0.3 is 0 Å². The fourth-order valence-corrected chi connectivity index (χ4v) is 4.08. The summed E-state index contributed by atoms with van der Waals surface area (Å²) in [6.07, 6.45) is 5.43. The number of hydrogen-bond donors (Lipinski definition) is 2. The predicted molar refractivity (Wildman–Crippen MR) is 90.9 cm³/mol. The number of phenols is 1. The highest BCUT2D eigenvalue weighted by Crippen LogP contribution is 2.51. The van der Waals surface area contributed by atoms with Gasteiger partial charge in [0.1, 0.15) is 5.75 Å². The molecule has 3 unspecified atom stereocenters. The zero-order valence-electron chi connectivity index (χ0n) is 11.8. The molecule has 0 amide bonds. The monoisotopic (exact) mass is 331 g/mol. The number of fused-ring (bicyclic) bond motifs is 3. The van der Waals surface area contributed by atoms with Crippen molar-refractivity contribution in [3.8, 4) is 5.75 Å². The molecule has 1 aliphatic heterocycles. The van der Waals surface area contributed by atoms with E-state index in [0.29, 0.717) is 27.6 Å². The maximum Gasteiger partial charge on any atom is 0.116 e. The van der Waals surface area contributed by atoms with Crippen molar-refractivity contribution in [2.75, 3.05) is 5.32 Å². The highest BCUT2D eigenvalue weighted by molar-refractivity contribution is 6.42. The van der Waals surface area contributed by atoms with Gasteiger partial charge in [-0.2, -0.15) is 0 Å². The summed E-state index contributed by atoms with van der Waals surface area (Å²) in [6, 6.07) is 11.4. The summed E-state index contributed by atoms with van der Waals surface area (Å²) in [7, 11) is 0. The molecule has 2 nitrogen and oxygen atoms in total. The van der Waals surface area contributed by atoms with Crippen LogP contribution in [-0.4, -0.2) is 5.11 Å². The van der Waals surface area contributed by atoms with Crippen molar-refractivity contribution in [3.05, 3.63) is 69.7 Å². The lowest BCUT2D eigenvalue weighted by atomic mass is 9.77. The molecule has 0 saturated heterocycles. The Morgan fingerprint density at radius 1 is 1.09 bits per heavy atom. The Bertz CT molecular complexity index is 772. The van der Waals surface area contributed by atoms with Gasteiger partial charge in [0.25, 0.3) is 0 Å². The Kier molecular flexibility index (Phi) is 3.32. The van der Waals surface area contributed by atoms with Gasteiger partial charge in [-0.15, -0.1) is 0 Å². The minimum Gasteiger partial charge on any atom is -0.508 e. The highest BCUT2D eigenvalue weighted by Gasteiger charge is 2.38. The summed E-state index contributed by atoms with van der Waals surface area (Å²) >= 11 is 12.6. The Labute approximate surface area is 139 Å². The summed E-state index contributed by atoms with van der Waals surface area (Å²) in [4.78, 5) is 0. The van der Waals surface area contributed by atoms with Crippen LogP contribution < -0.4 is 5.32 Å². The van der Waals surface area contributed by atoms with Gasteiger partial charge in [0.15, 0.2) is 0 Å². The van der Waals surface area contributed by atoms with E-state index < -0.39 is 0 Å². The molecule has 22 heavy (non-hydrogen) atoms. The van der Waals surface area contributed by atoms with Crippen molar-refractivity contribution < 1.29 is 5.11 Å². The maximum atomic E-state index is 9.78. The first-order chi connectivity index (χ1) is 10.6. The van der Waals surface area contributed by atoms with Crippen LogP contribution in [0.15, 0.2) is 48.6 Å². The summed E-state index contributed by atoms with van der Waals surface area (Å²) in [5.41, 5.74) is 3.23. The topological polar surface area (TPSA) is 32.3 Å². The maximum absolute atomic E-state index is 9.78. The number of aromatic hydroxyl groups is 1. The molecule has 0 saturated carbocycles. The van der Waals surface area contributed by atoms with Crippen molar-refractivity contribution in [3.63, 3.8) is 0 Å². The molecular weight excluding hydrogens is 317 g/mol. The Morgan fingerprint density at radius 2 is 1.95 bits per heavy atom. The third-order valence-corrected chi connectivity index (χ3v) is 5.50. The molecule has 2 aromatic carbocycles. The molecule has 4 rings (SSSR count). The van der Waals surface area contributed by atoms with Gasteiger partial charge in [0, 0.05) is 11.6 Å². The number of halogens is 2. The molecule has 112 valence electrons. The molecular formula is C18H15Cl2NO. The molecule has 3 atom stereocenters. The zero-order valence-corrected chi connectivity index (χ0v) is 13.3. The second-order valence-electron chi connectivity index (χ2n) is 5.89. The van der Waals surface area contributed by atoms with Gasteiger partial charge in [-0.25, -0.2) is 0 Å². The van der Waals surface area contributed by atoms with E-state index in [1.165, 1.54) is 0 Å². The number of nitrogens with one attached hydrogen (secondary N) is 1. The Morgan fingerprint density at radius 3 is 2.82 bits per heavy atom. The van der Waals surface area contributed by atoms with E-state index in [0.717, 1.165) is 23.2 Å². The molecule has 0 fully saturated rings. The fraction of sp³-hybridized carbons (Fsp3) is 0.222. The van der Waals surface area contributed by atoms with Gasteiger partial charge in [0.05, 0.1) is 16.1 Å². The Balaban J connectivity index is 1.83. The van der Waals surface area contributed by atoms with E-state index in [1.807, 2.05) is 30.3 Å². The van der Waals surface area contributed by atoms with Crippen molar-refractivity contribution in [1.82, 2.24) is 0 Å². The molecule has 0 aromatic heterocycles. The van der Waals surface area contributed by atoms with Gasteiger partial charge in [-0.3, -0.25) is 0 Å². The lowest BCUT2D eigenvalue weighted by Gasteiger charge is -2.38. The van der Waals surface area contributed by atoms with Crippen LogP contribution >= 0.6 is 23.2 Å². The van der Waals surface area contributed by atoms with Gasteiger partial charge in [-0.05, 0) is 47.7 Å². The van der Waals surface area contributed by atoms with Crippen LogP contribution in [0.3, 0.4) is 0 Å². The third kappa shape index (κ3) is 2.10. The van der Waals surface area contributed by atoms with Crippen molar-refractivity contribution in [2.45, 2.75) is 18.4 Å². The van der Waals surface area contributed by atoms with Gasteiger partial charge in [0.2, 0.25) is 0 Å². The van der Waals surface area contributed by atoms with E-state index >= 15 is 0 Å². The molecule has 1 aliphatic carbocycles. The second kappa shape index (κ2) is 5.22. The number of benzene rings is 2. The van der Waals surface area contributed by atoms with Crippen LogP contribution in [0.1, 0.15) is 29.5 Å². The van der Waals surface area contributed by atoms with Gasteiger partial charge < -0.3 is 10.4 Å². The summed E-state index contributed by atoms with van der Waals surface area (Å²) in [5, 5.41) is 14.6. The number of anilines is 1. The molecule has 0 spiro atoms. The number of allylic oxidation sites excluding steroid dienone is 2. The normalized spacial score (nSPS) is 25.5. The fourth-order valence-electron chi connectivity index (χ4n) is 3.65. The SMILES string of the molecule is Oc1ccc2c(c1)C1C=CCC1C(c1cccc(Cl)c1Cl)N2. The smallest absolute Gasteiger partial charge is 0.116 e. The lowest BCUT2D eigenvalue weighted by molar-refractivity contribution is 0.422. The summed E-state index contributed by atoms with van der Waals surface area (Å²) in [5.74, 6) is 0.979. The van der Waals surface area contributed by atoms with E-state index in [2.05, 4.69) is 17.5 Å². The van der Waals surface area contributed by atoms with E-state index in [1.54, 1.807) is 6.07 Å². The first kappa shape index (κ1) is 14.0. The summed E-state index contributed by atoms with van der Waals surface area (Å²) in [6.45, 7) is 0. The first-order valence-electron chi connectivity index (χ1n) is 7.35. The minimum absolute atomic E-state index is 0.114. The first-order valence-corrected chi connectivity index (χ1v) is 8.11. The van der Waals surface area contributed by atoms with E-state index in [4.69, 9.17) is 23.2 Å².